The van der Waals surface area contributed by atoms with Crippen LogP contribution >= 0.6 is 11.6 Å². The Bertz CT molecular complexity index is 1610. The Hall–Kier alpha value is -3.94. The summed E-state index contributed by atoms with van der Waals surface area (Å²) in [6.07, 6.45) is 4.46. The molecule has 0 aliphatic carbocycles. The molecule has 7 nitrogen and oxygen atoms in total. The predicted molar refractivity (Wildman–Crippen MR) is 175 cm³/mol. The van der Waals surface area contributed by atoms with E-state index in [0.717, 1.165) is 53.6 Å². The van der Waals surface area contributed by atoms with Crippen LogP contribution in [-0.4, -0.2) is 62.2 Å². The van der Waals surface area contributed by atoms with Crippen molar-refractivity contribution >= 4 is 23.4 Å². The monoisotopic (exact) mass is 612 g/mol. The van der Waals surface area contributed by atoms with Crippen molar-refractivity contribution in [2.75, 3.05) is 19.7 Å². The molecule has 1 atom stereocenters. The molecule has 0 bridgehead atoms. The summed E-state index contributed by atoms with van der Waals surface area (Å²) in [4.78, 5) is 31.8. The van der Waals surface area contributed by atoms with Gasteiger partial charge in [0.25, 0.3) is 11.8 Å². The third-order valence-corrected chi connectivity index (χ3v) is 8.67. The highest BCUT2D eigenvalue weighted by atomic mass is 35.5. The van der Waals surface area contributed by atoms with Crippen molar-refractivity contribution in [2.24, 2.45) is 0 Å². The van der Waals surface area contributed by atoms with Gasteiger partial charge in [-0.15, -0.1) is 0 Å². The molecule has 0 saturated heterocycles. The van der Waals surface area contributed by atoms with E-state index in [1.165, 1.54) is 0 Å². The van der Waals surface area contributed by atoms with Gasteiger partial charge in [0.05, 0.1) is 23.9 Å². The smallest absolute Gasteiger partial charge is 0.274 e. The summed E-state index contributed by atoms with van der Waals surface area (Å²) in [6.45, 7) is 7.79. The third kappa shape index (κ3) is 6.74. The number of aliphatic hydroxyl groups excluding tert-OH is 1. The quantitative estimate of drug-likeness (QED) is 0.196. The Labute approximate surface area is 265 Å². The molecule has 1 aliphatic rings. The minimum atomic E-state index is -0.356. The Kier molecular flexibility index (Phi) is 10.2. The molecule has 230 valence electrons. The maximum Gasteiger partial charge on any atom is 0.274 e. The van der Waals surface area contributed by atoms with Crippen LogP contribution in [0.1, 0.15) is 77.2 Å². The minimum Gasteiger partial charge on any atom is -0.394 e. The predicted octanol–water partition coefficient (Wildman–Crippen LogP) is 7.10. The van der Waals surface area contributed by atoms with Crippen LogP contribution in [0.15, 0.2) is 72.8 Å². The first-order valence-electron chi connectivity index (χ1n) is 15.6. The second-order valence-electron chi connectivity index (χ2n) is 11.6. The summed E-state index contributed by atoms with van der Waals surface area (Å²) in [5.41, 5.74) is 6.18. The lowest BCUT2D eigenvalue weighted by atomic mass is 9.93. The van der Waals surface area contributed by atoms with E-state index in [1.54, 1.807) is 9.58 Å². The SMILES string of the molecule is CCCCN(CCCC)C(=O)c1cc(C)n(-c2ccc(-c3ccc(Cl)cc3)cc2C(=O)N2Cc3ccccc3C[C@H]2CO)n1. The van der Waals surface area contributed by atoms with Crippen molar-refractivity contribution in [3.05, 3.63) is 106 Å². The topological polar surface area (TPSA) is 78.7 Å². The first-order valence-corrected chi connectivity index (χ1v) is 16.0. The Morgan fingerprint density at radius 3 is 2.25 bits per heavy atom. The molecule has 1 aliphatic heterocycles. The van der Waals surface area contributed by atoms with Crippen LogP contribution in [0, 0.1) is 6.92 Å². The van der Waals surface area contributed by atoms with Gasteiger partial charge >= 0.3 is 0 Å². The fourth-order valence-corrected chi connectivity index (χ4v) is 5.98. The Balaban J connectivity index is 1.57. The molecule has 0 radical (unpaired) electrons. The third-order valence-electron chi connectivity index (χ3n) is 8.42. The summed E-state index contributed by atoms with van der Waals surface area (Å²) in [5.74, 6) is -0.285. The molecule has 0 saturated carbocycles. The number of fused-ring (bicyclic) bond motifs is 1. The van der Waals surface area contributed by atoms with Crippen molar-refractivity contribution in [3.8, 4) is 16.8 Å². The second-order valence-corrected chi connectivity index (χ2v) is 12.0. The fourth-order valence-electron chi connectivity index (χ4n) is 5.85. The van der Waals surface area contributed by atoms with Gasteiger partial charge in [-0.3, -0.25) is 9.59 Å². The minimum absolute atomic E-state index is 0.0904. The number of nitrogens with zero attached hydrogens (tertiary/aromatic N) is 4. The Morgan fingerprint density at radius 2 is 1.59 bits per heavy atom. The fraction of sp³-hybridized carbons (Fsp3) is 0.361. The number of aromatic nitrogens is 2. The standard InChI is InChI=1S/C36H41ClN4O3/c1-4-6-18-39(19-7-5-2)36(44)33-20-25(3)41(38-33)34-17-14-28(26-12-15-30(37)16-13-26)22-32(34)35(43)40-23-29-11-9-8-10-27(29)21-31(40)24-42/h8-17,20,22,31,42H,4-7,18-19,21,23-24H2,1-3H3/t31-/m0/s1. The van der Waals surface area contributed by atoms with E-state index >= 15 is 0 Å². The van der Waals surface area contributed by atoms with E-state index in [9.17, 15) is 14.7 Å². The average Bonchev–Trinajstić information content (AvgIpc) is 3.44. The van der Waals surface area contributed by atoms with E-state index in [-0.39, 0.29) is 24.5 Å². The van der Waals surface area contributed by atoms with Crippen molar-refractivity contribution in [1.82, 2.24) is 19.6 Å². The van der Waals surface area contributed by atoms with Crippen molar-refractivity contribution in [3.63, 3.8) is 0 Å². The number of carbonyl (C=O) groups is 2. The molecular formula is C36H41ClN4O3. The van der Waals surface area contributed by atoms with Gasteiger partial charge in [0.1, 0.15) is 0 Å². The zero-order valence-corrected chi connectivity index (χ0v) is 26.6. The van der Waals surface area contributed by atoms with Gasteiger partial charge in [0.15, 0.2) is 5.69 Å². The molecular weight excluding hydrogens is 572 g/mol. The maximum absolute atomic E-state index is 14.5. The molecule has 1 N–H and O–H groups in total. The lowest BCUT2D eigenvalue weighted by molar-refractivity contribution is 0.0544. The highest BCUT2D eigenvalue weighted by molar-refractivity contribution is 6.30. The zero-order valence-electron chi connectivity index (χ0n) is 25.8. The summed E-state index contributed by atoms with van der Waals surface area (Å²) in [5, 5.41) is 15.8. The van der Waals surface area contributed by atoms with Crippen LogP contribution in [0.5, 0.6) is 0 Å². The molecule has 8 heteroatoms. The number of halogens is 1. The number of rotatable bonds is 11. The van der Waals surface area contributed by atoms with E-state index in [1.807, 2.05) is 78.6 Å². The van der Waals surface area contributed by atoms with Crippen molar-refractivity contribution in [1.29, 1.82) is 0 Å². The molecule has 0 unspecified atom stereocenters. The Morgan fingerprint density at radius 1 is 0.932 bits per heavy atom. The number of hydrogen-bond donors (Lipinski definition) is 1. The number of benzene rings is 3. The molecule has 2 heterocycles. The summed E-state index contributed by atoms with van der Waals surface area (Å²) >= 11 is 6.16. The van der Waals surface area contributed by atoms with Crippen LogP contribution in [0.3, 0.4) is 0 Å². The van der Waals surface area contributed by atoms with Gasteiger partial charge in [-0.05, 0) is 78.8 Å². The molecule has 5 rings (SSSR count). The molecule has 44 heavy (non-hydrogen) atoms. The number of amides is 2. The highest BCUT2D eigenvalue weighted by Crippen LogP contribution is 2.31. The lowest BCUT2D eigenvalue weighted by Crippen LogP contribution is -2.46. The first kappa shape index (κ1) is 31.5. The van der Waals surface area contributed by atoms with Gasteiger partial charge in [-0.1, -0.05) is 80.8 Å². The van der Waals surface area contributed by atoms with E-state index < -0.39 is 0 Å². The van der Waals surface area contributed by atoms with Gasteiger partial charge < -0.3 is 14.9 Å². The van der Waals surface area contributed by atoms with Gasteiger partial charge in [0.2, 0.25) is 0 Å². The van der Waals surface area contributed by atoms with Gasteiger partial charge in [-0.25, -0.2) is 4.68 Å². The van der Waals surface area contributed by atoms with E-state index in [0.29, 0.717) is 48.0 Å². The molecule has 0 spiro atoms. The van der Waals surface area contributed by atoms with Crippen LogP contribution in [-0.2, 0) is 13.0 Å². The van der Waals surface area contributed by atoms with Crippen molar-refractivity contribution < 1.29 is 14.7 Å². The van der Waals surface area contributed by atoms with Crippen LogP contribution in [0.4, 0.5) is 0 Å². The summed E-state index contributed by atoms with van der Waals surface area (Å²) in [6, 6.07) is 22.8. The zero-order chi connectivity index (χ0) is 31.2. The normalized spacial score (nSPS) is 14.4. The molecule has 1 aromatic heterocycles. The van der Waals surface area contributed by atoms with Crippen molar-refractivity contribution in [2.45, 2.75) is 65.5 Å². The molecule has 3 aromatic carbocycles. The number of aliphatic hydroxyl groups is 1. The van der Waals surface area contributed by atoms with E-state index in [4.69, 9.17) is 16.7 Å². The van der Waals surface area contributed by atoms with Gasteiger partial charge in [0, 0.05) is 30.4 Å². The van der Waals surface area contributed by atoms with Gasteiger partial charge in [-0.2, -0.15) is 5.10 Å². The molecule has 4 aromatic rings. The molecule has 2 amide bonds. The number of unbranched alkanes of at least 4 members (excludes halogenated alkanes) is 2. The largest absolute Gasteiger partial charge is 0.394 e. The number of hydrogen-bond acceptors (Lipinski definition) is 4. The summed E-state index contributed by atoms with van der Waals surface area (Å²) in [7, 11) is 0. The first-order chi connectivity index (χ1) is 21.3. The maximum atomic E-state index is 14.5. The highest BCUT2D eigenvalue weighted by Gasteiger charge is 2.32. The number of aryl methyl sites for hydroxylation is 1. The lowest BCUT2D eigenvalue weighted by Gasteiger charge is -2.36. The van der Waals surface area contributed by atoms with Crippen LogP contribution in [0.2, 0.25) is 5.02 Å². The van der Waals surface area contributed by atoms with Crippen LogP contribution in [0.25, 0.3) is 16.8 Å². The van der Waals surface area contributed by atoms with E-state index in [2.05, 4.69) is 19.9 Å². The number of carbonyl (C=O) groups excluding carboxylic acids is 2. The summed E-state index contributed by atoms with van der Waals surface area (Å²) < 4.78 is 1.70. The van der Waals surface area contributed by atoms with Crippen LogP contribution < -0.4 is 0 Å². The second kappa shape index (κ2) is 14.2. The molecule has 0 fully saturated rings. The average molecular weight is 613 g/mol.